The van der Waals surface area contributed by atoms with Gasteiger partial charge in [-0.25, -0.2) is 0 Å². The topological polar surface area (TPSA) is 98.0 Å². The van der Waals surface area contributed by atoms with E-state index in [1.165, 1.54) is 41.3 Å². The highest BCUT2D eigenvalue weighted by atomic mass is 79.9. The van der Waals surface area contributed by atoms with Crippen molar-refractivity contribution in [1.82, 2.24) is 10.2 Å². The third-order valence-electron chi connectivity index (χ3n) is 2.36. The van der Waals surface area contributed by atoms with Crippen molar-refractivity contribution in [2.45, 2.75) is 4.34 Å². The molecule has 0 unspecified atom stereocenters. The summed E-state index contributed by atoms with van der Waals surface area (Å²) in [5.41, 5.74) is -0.00228. The van der Waals surface area contributed by atoms with Gasteiger partial charge in [0.2, 0.25) is 5.13 Å². The maximum Gasteiger partial charge on any atom is 0.284 e. The van der Waals surface area contributed by atoms with E-state index in [0.29, 0.717) is 19.7 Å². The van der Waals surface area contributed by atoms with Crippen LogP contribution in [0.15, 0.2) is 39.7 Å². The molecule has 0 bridgehead atoms. The Bertz CT molecular complexity index is 735. The number of carbonyl (C=O) groups is 1. The van der Waals surface area contributed by atoms with Crippen molar-refractivity contribution < 1.29 is 9.72 Å². The first kappa shape index (κ1) is 16.6. The number of amides is 1. The third kappa shape index (κ3) is 4.12. The second-order valence-electron chi connectivity index (χ2n) is 3.85. The van der Waals surface area contributed by atoms with E-state index < -0.39 is 10.8 Å². The molecule has 0 radical (unpaired) electrons. The standard InChI is InChI=1S/C12H9BrN4O3S2/c1-2-5-21-12-16-15-11(22-12)14-10(18)7-3-4-8(13)9(6-7)17(19)20/h2-4,6H,1,5H2,(H,14,15,18). The van der Waals surface area contributed by atoms with Crippen LogP contribution in [0.4, 0.5) is 10.8 Å². The SMILES string of the molecule is C=CCSc1nnc(NC(=O)c2ccc(Br)c([N+](=O)[O-])c2)s1. The Morgan fingerprint density at radius 3 is 3.00 bits per heavy atom. The van der Waals surface area contributed by atoms with Gasteiger partial charge in [-0.15, -0.1) is 16.8 Å². The molecule has 10 heteroatoms. The molecule has 2 rings (SSSR count). The Hall–Kier alpha value is -1.78. The van der Waals surface area contributed by atoms with Crippen LogP contribution in [0.1, 0.15) is 10.4 Å². The van der Waals surface area contributed by atoms with Crippen LogP contribution in [-0.4, -0.2) is 26.8 Å². The Morgan fingerprint density at radius 1 is 1.55 bits per heavy atom. The molecule has 0 atom stereocenters. The van der Waals surface area contributed by atoms with E-state index in [0.717, 1.165) is 0 Å². The number of nitro benzene ring substituents is 1. The summed E-state index contributed by atoms with van der Waals surface area (Å²) in [6.45, 7) is 3.61. The van der Waals surface area contributed by atoms with Gasteiger partial charge in [-0.1, -0.05) is 29.2 Å². The molecule has 0 fully saturated rings. The quantitative estimate of drug-likeness (QED) is 0.260. The summed E-state index contributed by atoms with van der Waals surface area (Å²) >= 11 is 5.75. The molecule has 0 saturated heterocycles. The van der Waals surface area contributed by atoms with Crippen LogP contribution in [0.25, 0.3) is 0 Å². The van der Waals surface area contributed by atoms with Gasteiger partial charge in [0.1, 0.15) is 0 Å². The number of rotatable bonds is 6. The van der Waals surface area contributed by atoms with Gasteiger partial charge in [0.05, 0.1) is 9.40 Å². The zero-order valence-corrected chi connectivity index (χ0v) is 14.2. The lowest BCUT2D eigenvalue weighted by atomic mass is 10.2. The molecule has 0 aliphatic heterocycles. The molecule has 0 aliphatic rings. The molecular formula is C12H9BrN4O3S2. The molecule has 1 aromatic carbocycles. The van der Waals surface area contributed by atoms with Crippen molar-refractivity contribution >= 4 is 55.8 Å². The van der Waals surface area contributed by atoms with E-state index in [-0.39, 0.29) is 11.3 Å². The lowest BCUT2D eigenvalue weighted by Crippen LogP contribution is -2.12. The van der Waals surface area contributed by atoms with Crippen LogP contribution in [0.2, 0.25) is 0 Å². The number of hydrogen-bond donors (Lipinski definition) is 1. The Labute approximate surface area is 142 Å². The summed E-state index contributed by atoms with van der Waals surface area (Å²) in [5.74, 6) is 0.216. The fraction of sp³-hybridized carbons (Fsp3) is 0.0833. The molecule has 7 nitrogen and oxygen atoms in total. The van der Waals surface area contributed by atoms with E-state index in [2.05, 4.69) is 38.0 Å². The molecular weight excluding hydrogens is 392 g/mol. The van der Waals surface area contributed by atoms with Crippen molar-refractivity contribution in [1.29, 1.82) is 0 Å². The highest BCUT2D eigenvalue weighted by Gasteiger charge is 2.17. The van der Waals surface area contributed by atoms with Crippen molar-refractivity contribution in [3.05, 3.63) is 51.0 Å². The number of nitrogens with one attached hydrogen (secondary N) is 1. The average Bonchev–Trinajstić information content (AvgIpc) is 2.92. The van der Waals surface area contributed by atoms with E-state index in [9.17, 15) is 14.9 Å². The summed E-state index contributed by atoms with van der Waals surface area (Å²) in [5, 5.41) is 21.5. The summed E-state index contributed by atoms with van der Waals surface area (Å²) in [7, 11) is 0. The molecule has 2 aromatic rings. The van der Waals surface area contributed by atoms with Gasteiger partial charge in [-0.05, 0) is 28.1 Å². The van der Waals surface area contributed by atoms with E-state index in [1.54, 1.807) is 6.08 Å². The van der Waals surface area contributed by atoms with Gasteiger partial charge in [-0.3, -0.25) is 20.2 Å². The van der Waals surface area contributed by atoms with Crippen molar-refractivity contribution in [3.8, 4) is 0 Å². The minimum atomic E-state index is -0.560. The zero-order chi connectivity index (χ0) is 16.1. The van der Waals surface area contributed by atoms with Crippen LogP contribution in [0, 0.1) is 10.1 Å². The highest BCUT2D eigenvalue weighted by Crippen LogP contribution is 2.28. The largest absolute Gasteiger partial charge is 0.296 e. The number of thioether (sulfide) groups is 1. The van der Waals surface area contributed by atoms with Crippen LogP contribution in [-0.2, 0) is 0 Å². The van der Waals surface area contributed by atoms with Crippen LogP contribution >= 0.6 is 39.0 Å². The van der Waals surface area contributed by atoms with Gasteiger partial charge in [0.15, 0.2) is 4.34 Å². The fourth-order valence-electron chi connectivity index (χ4n) is 1.41. The molecule has 1 aromatic heterocycles. The predicted octanol–water partition coefficient (Wildman–Crippen LogP) is 3.74. The third-order valence-corrected chi connectivity index (χ3v) is 5.00. The van der Waals surface area contributed by atoms with Crippen LogP contribution < -0.4 is 5.32 Å². The number of nitrogens with zero attached hydrogens (tertiary/aromatic N) is 3. The second kappa shape index (κ2) is 7.47. The molecule has 1 heterocycles. The monoisotopic (exact) mass is 400 g/mol. The number of benzene rings is 1. The number of nitro groups is 1. The molecule has 0 spiro atoms. The molecule has 22 heavy (non-hydrogen) atoms. The van der Waals surface area contributed by atoms with Crippen molar-refractivity contribution in [2.75, 3.05) is 11.1 Å². The minimum absolute atomic E-state index is 0.172. The number of halogens is 1. The fourth-order valence-corrected chi connectivity index (χ4v) is 3.31. The number of anilines is 1. The maximum atomic E-state index is 12.1. The summed E-state index contributed by atoms with van der Waals surface area (Å²) in [6, 6.07) is 4.15. The molecule has 0 saturated carbocycles. The second-order valence-corrected chi connectivity index (χ2v) is 6.95. The summed E-state index contributed by atoms with van der Waals surface area (Å²) < 4.78 is 1.02. The predicted molar refractivity (Wildman–Crippen MR) is 89.6 cm³/mol. The average molecular weight is 401 g/mol. The summed E-state index contributed by atoms with van der Waals surface area (Å²) in [4.78, 5) is 22.4. The smallest absolute Gasteiger partial charge is 0.284 e. The van der Waals surface area contributed by atoms with Crippen molar-refractivity contribution in [3.63, 3.8) is 0 Å². The van der Waals surface area contributed by atoms with Crippen LogP contribution in [0.3, 0.4) is 0 Å². The number of aromatic nitrogens is 2. The van der Waals surface area contributed by atoms with Crippen LogP contribution in [0.5, 0.6) is 0 Å². The van der Waals surface area contributed by atoms with E-state index >= 15 is 0 Å². The Kier molecular flexibility index (Phi) is 5.63. The molecule has 114 valence electrons. The molecule has 0 aliphatic carbocycles. The number of carbonyl (C=O) groups excluding carboxylic acids is 1. The minimum Gasteiger partial charge on any atom is -0.296 e. The maximum absolute atomic E-state index is 12.1. The highest BCUT2D eigenvalue weighted by molar-refractivity contribution is 9.10. The number of hydrogen-bond acceptors (Lipinski definition) is 7. The van der Waals surface area contributed by atoms with Crippen molar-refractivity contribution in [2.24, 2.45) is 0 Å². The Balaban J connectivity index is 2.12. The first-order valence-electron chi connectivity index (χ1n) is 5.83. The molecule has 1 N–H and O–H groups in total. The van der Waals surface area contributed by atoms with Gasteiger partial charge in [0.25, 0.3) is 11.6 Å². The lowest BCUT2D eigenvalue weighted by Gasteiger charge is -2.02. The lowest BCUT2D eigenvalue weighted by molar-refractivity contribution is -0.385. The molecule has 1 amide bonds. The van der Waals surface area contributed by atoms with Gasteiger partial charge < -0.3 is 0 Å². The Morgan fingerprint density at radius 2 is 2.32 bits per heavy atom. The normalized spacial score (nSPS) is 10.2. The first-order valence-corrected chi connectivity index (χ1v) is 8.43. The van der Waals surface area contributed by atoms with E-state index in [1.807, 2.05) is 0 Å². The van der Waals surface area contributed by atoms with Gasteiger partial charge >= 0.3 is 0 Å². The first-order chi connectivity index (χ1) is 10.5. The van der Waals surface area contributed by atoms with Gasteiger partial charge in [0, 0.05) is 17.4 Å². The van der Waals surface area contributed by atoms with Gasteiger partial charge in [-0.2, -0.15) is 0 Å². The van der Waals surface area contributed by atoms with E-state index in [4.69, 9.17) is 0 Å². The zero-order valence-electron chi connectivity index (χ0n) is 11.0. The summed E-state index contributed by atoms with van der Waals surface area (Å²) in [6.07, 6.45) is 1.74.